The summed E-state index contributed by atoms with van der Waals surface area (Å²) < 4.78 is 7.88. The average molecular weight is 399 g/mol. The molecule has 0 N–H and O–H groups in total. The number of hydrogen-bond donors (Lipinski definition) is 0. The number of imidazole rings is 1. The van der Waals surface area contributed by atoms with Gasteiger partial charge in [0.2, 0.25) is 5.89 Å². The second kappa shape index (κ2) is 7.74. The van der Waals surface area contributed by atoms with Crippen molar-refractivity contribution in [3.05, 3.63) is 70.8 Å². The molecule has 0 amide bonds. The Bertz CT molecular complexity index is 1060. The Balaban J connectivity index is 1.42. The first-order valence-electron chi connectivity index (χ1n) is 8.71. The highest BCUT2D eigenvalue weighted by molar-refractivity contribution is 7.98. The molecule has 1 unspecified atom stereocenters. The van der Waals surface area contributed by atoms with Gasteiger partial charge in [-0.15, -0.1) is 10.2 Å². The smallest absolute Gasteiger partial charge is 0.277 e. The number of nitrogens with zero attached hydrogens (tertiary/aromatic N) is 4. The number of hydrogen-bond acceptors (Lipinski definition) is 5. The van der Waals surface area contributed by atoms with E-state index in [0.29, 0.717) is 27.8 Å². The van der Waals surface area contributed by atoms with Crippen molar-refractivity contribution < 1.29 is 4.42 Å². The van der Waals surface area contributed by atoms with E-state index < -0.39 is 0 Å². The molecule has 0 aliphatic carbocycles. The highest BCUT2D eigenvalue weighted by Crippen LogP contribution is 2.26. The molecule has 2 heterocycles. The first-order valence-corrected chi connectivity index (χ1v) is 10.1. The molecule has 1 atom stereocenters. The molecule has 4 rings (SSSR count). The van der Waals surface area contributed by atoms with Gasteiger partial charge in [0.05, 0.1) is 16.8 Å². The quantitative estimate of drug-likeness (QED) is 0.415. The van der Waals surface area contributed by atoms with Crippen LogP contribution in [0.2, 0.25) is 5.02 Å². The summed E-state index contributed by atoms with van der Waals surface area (Å²) >= 11 is 7.55. The first kappa shape index (κ1) is 18.1. The van der Waals surface area contributed by atoms with E-state index >= 15 is 0 Å². The number of aryl methyl sites for hydroxylation is 1. The van der Waals surface area contributed by atoms with E-state index in [0.717, 1.165) is 23.3 Å². The van der Waals surface area contributed by atoms with Gasteiger partial charge in [-0.05, 0) is 29.7 Å². The maximum absolute atomic E-state index is 6.05. The van der Waals surface area contributed by atoms with Crippen LogP contribution in [0.3, 0.4) is 0 Å². The van der Waals surface area contributed by atoms with Crippen LogP contribution in [0.25, 0.3) is 11.0 Å². The Morgan fingerprint density at radius 1 is 1.15 bits per heavy atom. The third-order valence-corrected chi connectivity index (χ3v) is 5.61. The number of thioether (sulfide) groups is 1. The molecule has 0 fully saturated rings. The first-order chi connectivity index (χ1) is 13.1. The second-order valence-electron chi connectivity index (χ2n) is 6.49. The van der Waals surface area contributed by atoms with Crippen LogP contribution in [0, 0.1) is 0 Å². The van der Waals surface area contributed by atoms with Crippen LogP contribution in [-0.4, -0.2) is 19.7 Å². The SMILES string of the molecule is CC(Cc1nnc(SCc2nc3cc(Cl)ccc3n2C)o1)c1ccccc1. The Kier molecular flexibility index (Phi) is 5.18. The summed E-state index contributed by atoms with van der Waals surface area (Å²) in [5.74, 6) is 2.58. The molecule has 4 aromatic rings. The van der Waals surface area contributed by atoms with Gasteiger partial charge in [-0.3, -0.25) is 0 Å². The summed E-state index contributed by atoms with van der Waals surface area (Å²) in [5.41, 5.74) is 3.21. The van der Waals surface area contributed by atoms with Gasteiger partial charge in [-0.1, -0.05) is 60.6 Å². The summed E-state index contributed by atoms with van der Waals surface area (Å²) in [6, 6.07) is 16.1. The molecular formula is C20H19ClN4OS. The summed E-state index contributed by atoms with van der Waals surface area (Å²) in [4.78, 5) is 4.65. The molecular weight excluding hydrogens is 380 g/mol. The summed E-state index contributed by atoms with van der Waals surface area (Å²) in [6.07, 6.45) is 0.725. The van der Waals surface area contributed by atoms with Crippen LogP contribution in [0.4, 0.5) is 0 Å². The minimum atomic E-state index is 0.328. The highest BCUT2D eigenvalue weighted by Gasteiger charge is 2.14. The fourth-order valence-corrected chi connectivity index (χ4v) is 3.95. The number of benzene rings is 2. The lowest BCUT2D eigenvalue weighted by Gasteiger charge is -2.08. The maximum Gasteiger partial charge on any atom is 0.277 e. The zero-order valence-electron chi connectivity index (χ0n) is 15.1. The van der Waals surface area contributed by atoms with E-state index in [9.17, 15) is 0 Å². The van der Waals surface area contributed by atoms with Crippen molar-refractivity contribution in [3.63, 3.8) is 0 Å². The molecule has 2 aromatic heterocycles. The number of rotatable bonds is 6. The average Bonchev–Trinajstić information content (AvgIpc) is 3.24. The molecule has 0 spiro atoms. The molecule has 0 bridgehead atoms. The number of fused-ring (bicyclic) bond motifs is 1. The molecule has 27 heavy (non-hydrogen) atoms. The van der Waals surface area contributed by atoms with Crippen LogP contribution in [0.1, 0.15) is 30.1 Å². The lowest BCUT2D eigenvalue weighted by atomic mass is 9.98. The molecule has 2 aromatic carbocycles. The number of aromatic nitrogens is 4. The predicted octanol–water partition coefficient (Wildman–Crippen LogP) is 5.25. The minimum absolute atomic E-state index is 0.328. The Labute approximate surface area is 166 Å². The van der Waals surface area contributed by atoms with Gasteiger partial charge in [0.1, 0.15) is 5.82 Å². The second-order valence-corrected chi connectivity index (χ2v) is 7.85. The van der Waals surface area contributed by atoms with Crippen molar-refractivity contribution in [1.29, 1.82) is 0 Å². The molecule has 138 valence electrons. The summed E-state index contributed by atoms with van der Waals surface area (Å²) in [7, 11) is 2.00. The minimum Gasteiger partial charge on any atom is -0.416 e. The van der Waals surface area contributed by atoms with E-state index in [1.807, 2.05) is 43.4 Å². The number of halogens is 1. The zero-order chi connectivity index (χ0) is 18.8. The monoisotopic (exact) mass is 398 g/mol. The molecule has 7 heteroatoms. The van der Waals surface area contributed by atoms with Crippen molar-refractivity contribution in [2.45, 2.75) is 30.2 Å². The Hall–Kier alpha value is -2.31. The topological polar surface area (TPSA) is 56.7 Å². The van der Waals surface area contributed by atoms with Crippen molar-refractivity contribution in [1.82, 2.24) is 19.7 Å². The standard InChI is InChI=1S/C20H19ClN4OS/c1-13(14-6-4-3-5-7-14)10-19-23-24-20(26-19)27-12-18-22-16-11-15(21)8-9-17(16)25(18)2/h3-9,11,13H,10,12H2,1-2H3. The van der Waals surface area contributed by atoms with Crippen LogP contribution in [0.5, 0.6) is 0 Å². The van der Waals surface area contributed by atoms with Crippen molar-refractivity contribution in [2.24, 2.45) is 7.05 Å². The van der Waals surface area contributed by atoms with Gasteiger partial charge in [0.25, 0.3) is 5.22 Å². The molecule has 5 nitrogen and oxygen atoms in total. The maximum atomic E-state index is 6.05. The Morgan fingerprint density at radius 2 is 1.96 bits per heavy atom. The van der Waals surface area contributed by atoms with E-state index in [-0.39, 0.29) is 0 Å². The van der Waals surface area contributed by atoms with Gasteiger partial charge in [0, 0.05) is 18.5 Å². The van der Waals surface area contributed by atoms with E-state index in [1.54, 1.807) is 0 Å². The predicted molar refractivity (Wildman–Crippen MR) is 108 cm³/mol. The van der Waals surface area contributed by atoms with Crippen LogP contribution in [-0.2, 0) is 19.2 Å². The Morgan fingerprint density at radius 3 is 2.78 bits per heavy atom. The third kappa shape index (κ3) is 4.01. The zero-order valence-corrected chi connectivity index (χ0v) is 16.7. The van der Waals surface area contributed by atoms with Crippen LogP contribution < -0.4 is 0 Å². The normalized spacial score (nSPS) is 12.6. The summed E-state index contributed by atoms with van der Waals surface area (Å²) in [6.45, 7) is 2.16. The molecule has 0 radical (unpaired) electrons. The molecule has 0 aliphatic rings. The van der Waals surface area contributed by atoms with Gasteiger partial charge < -0.3 is 8.98 Å². The van der Waals surface area contributed by atoms with Crippen molar-refractivity contribution in [3.8, 4) is 0 Å². The lowest BCUT2D eigenvalue weighted by Crippen LogP contribution is -1.98. The largest absolute Gasteiger partial charge is 0.416 e. The lowest BCUT2D eigenvalue weighted by molar-refractivity contribution is 0.404. The fraction of sp³-hybridized carbons (Fsp3) is 0.250. The fourth-order valence-electron chi connectivity index (χ4n) is 3.02. The van der Waals surface area contributed by atoms with E-state index in [2.05, 4.69) is 38.8 Å². The molecule has 0 saturated carbocycles. The van der Waals surface area contributed by atoms with E-state index in [1.165, 1.54) is 17.3 Å². The van der Waals surface area contributed by atoms with Gasteiger partial charge in [0.15, 0.2) is 0 Å². The summed E-state index contributed by atoms with van der Waals surface area (Å²) in [5, 5.41) is 9.61. The van der Waals surface area contributed by atoms with Crippen LogP contribution in [0.15, 0.2) is 58.2 Å². The van der Waals surface area contributed by atoms with Gasteiger partial charge in [-0.25, -0.2) is 4.98 Å². The van der Waals surface area contributed by atoms with Gasteiger partial charge in [-0.2, -0.15) is 0 Å². The van der Waals surface area contributed by atoms with E-state index in [4.69, 9.17) is 16.0 Å². The van der Waals surface area contributed by atoms with Crippen molar-refractivity contribution >= 4 is 34.4 Å². The molecule has 0 saturated heterocycles. The molecule has 0 aliphatic heterocycles. The van der Waals surface area contributed by atoms with Crippen molar-refractivity contribution in [2.75, 3.05) is 0 Å². The third-order valence-electron chi connectivity index (χ3n) is 4.56. The van der Waals surface area contributed by atoms with Gasteiger partial charge >= 0.3 is 0 Å². The van der Waals surface area contributed by atoms with Crippen LogP contribution >= 0.6 is 23.4 Å². The highest BCUT2D eigenvalue weighted by atomic mass is 35.5.